The van der Waals surface area contributed by atoms with Crippen molar-refractivity contribution in [2.45, 2.75) is 19.4 Å². The highest BCUT2D eigenvalue weighted by atomic mass is 79.9. The van der Waals surface area contributed by atoms with E-state index in [-0.39, 0.29) is 11.4 Å². The normalized spacial score (nSPS) is 12.5. The van der Waals surface area contributed by atoms with Crippen LogP contribution in [0.1, 0.15) is 22.8 Å². The van der Waals surface area contributed by atoms with Crippen molar-refractivity contribution in [3.8, 4) is 0 Å². The molecule has 0 aliphatic rings. The molecule has 2 aromatic rings. The first-order valence-corrected chi connectivity index (χ1v) is 7.03. The molecule has 0 saturated heterocycles. The lowest BCUT2D eigenvalue weighted by Gasteiger charge is -2.15. The van der Waals surface area contributed by atoms with Crippen LogP contribution in [-0.4, -0.2) is 5.11 Å². The molecule has 0 spiro atoms. The molecule has 0 aliphatic carbocycles. The van der Waals surface area contributed by atoms with Gasteiger partial charge in [0.1, 0.15) is 5.82 Å². The number of benzene rings is 2. The number of aliphatic hydroxyl groups excluding tert-OH is 1. The highest BCUT2D eigenvalue weighted by Gasteiger charge is 2.15. The van der Waals surface area contributed by atoms with Crippen LogP contribution in [-0.2, 0) is 6.42 Å². The Morgan fingerprint density at radius 3 is 2.79 bits per heavy atom. The summed E-state index contributed by atoms with van der Waals surface area (Å²) >= 11 is 9.11. The van der Waals surface area contributed by atoms with Gasteiger partial charge in [0.15, 0.2) is 0 Å². The Balaban J connectivity index is 2.28. The molecule has 4 heteroatoms. The first kappa shape index (κ1) is 14.5. The minimum absolute atomic E-state index is 0.0793. The van der Waals surface area contributed by atoms with Gasteiger partial charge in [0.2, 0.25) is 0 Å². The number of aryl methyl sites for hydroxylation is 1. The zero-order valence-corrected chi connectivity index (χ0v) is 12.7. The molecule has 2 aromatic carbocycles. The second-order valence-corrected chi connectivity index (χ2v) is 5.76. The van der Waals surface area contributed by atoms with E-state index in [1.165, 1.54) is 6.07 Å². The molecule has 1 N–H and O–H groups in total. The van der Waals surface area contributed by atoms with Gasteiger partial charge in [-0.05, 0) is 41.8 Å². The van der Waals surface area contributed by atoms with Gasteiger partial charge in [-0.25, -0.2) is 4.39 Å². The third-order valence-corrected chi connectivity index (χ3v) is 3.83. The van der Waals surface area contributed by atoms with Crippen molar-refractivity contribution in [3.05, 3.63) is 68.4 Å². The van der Waals surface area contributed by atoms with Crippen LogP contribution in [0.25, 0.3) is 0 Å². The van der Waals surface area contributed by atoms with E-state index in [1.54, 1.807) is 12.1 Å². The first-order chi connectivity index (χ1) is 8.99. The molecule has 0 aromatic heterocycles. The van der Waals surface area contributed by atoms with E-state index in [9.17, 15) is 9.50 Å². The van der Waals surface area contributed by atoms with Crippen LogP contribution in [0.5, 0.6) is 0 Å². The Labute approximate surface area is 125 Å². The molecule has 2 rings (SSSR count). The standard InChI is InChI=1S/C15H13BrClFO/c1-9-5-6-11(16)8-12(9)14(19)7-10-3-2-4-13(17)15(10)18/h2-6,8,14,19H,7H2,1H3. The van der Waals surface area contributed by atoms with E-state index in [2.05, 4.69) is 15.9 Å². The van der Waals surface area contributed by atoms with Crippen LogP contribution in [0.3, 0.4) is 0 Å². The third kappa shape index (κ3) is 3.35. The number of rotatable bonds is 3. The maximum atomic E-state index is 13.8. The average molecular weight is 344 g/mol. The summed E-state index contributed by atoms with van der Waals surface area (Å²) in [7, 11) is 0. The SMILES string of the molecule is Cc1ccc(Br)cc1C(O)Cc1cccc(Cl)c1F. The van der Waals surface area contributed by atoms with Crippen molar-refractivity contribution in [1.29, 1.82) is 0 Å². The fourth-order valence-electron chi connectivity index (χ4n) is 1.99. The van der Waals surface area contributed by atoms with Crippen molar-refractivity contribution in [2.75, 3.05) is 0 Å². The minimum atomic E-state index is -0.759. The predicted molar refractivity (Wildman–Crippen MR) is 79.0 cm³/mol. The van der Waals surface area contributed by atoms with E-state index in [1.807, 2.05) is 25.1 Å². The van der Waals surface area contributed by atoms with Crippen LogP contribution in [0, 0.1) is 12.7 Å². The minimum Gasteiger partial charge on any atom is -0.388 e. The Morgan fingerprint density at radius 2 is 2.05 bits per heavy atom. The maximum absolute atomic E-state index is 13.8. The summed E-state index contributed by atoms with van der Waals surface area (Å²) in [6.07, 6.45) is -0.561. The summed E-state index contributed by atoms with van der Waals surface area (Å²) in [4.78, 5) is 0. The largest absolute Gasteiger partial charge is 0.388 e. The van der Waals surface area contributed by atoms with Crippen molar-refractivity contribution in [3.63, 3.8) is 0 Å². The fourth-order valence-corrected chi connectivity index (χ4v) is 2.57. The van der Waals surface area contributed by atoms with Crippen molar-refractivity contribution in [1.82, 2.24) is 0 Å². The maximum Gasteiger partial charge on any atom is 0.145 e. The summed E-state index contributed by atoms with van der Waals surface area (Å²) in [6, 6.07) is 10.5. The van der Waals surface area contributed by atoms with E-state index in [0.29, 0.717) is 5.56 Å². The number of hydrogen-bond acceptors (Lipinski definition) is 1. The zero-order chi connectivity index (χ0) is 14.0. The van der Waals surface area contributed by atoms with Crippen molar-refractivity contribution < 1.29 is 9.50 Å². The smallest absolute Gasteiger partial charge is 0.145 e. The lowest BCUT2D eigenvalue weighted by atomic mass is 9.97. The molecule has 19 heavy (non-hydrogen) atoms. The van der Waals surface area contributed by atoms with E-state index in [4.69, 9.17) is 11.6 Å². The second kappa shape index (κ2) is 6.04. The molecule has 100 valence electrons. The number of aliphatic hydroxyl groups is 1. The van der Waals surface area contributed by atoms with Crippen LogP contribution in [0.2, 0.25) is 5.02 Å². The Hall–Kier alpha value is -0.900. The topological polar surface area (TPSA) is 20.2 Å². The van der Waals surface area contributed by atoms with Gasteiger partial charge >= 0.3 is 0 Å². The van der Waals surface area contributed by atoms with Gasteiger partial charge in [-0.1, -0.05) is 45.7 Å². The highest BCUT2D eigenvalue weighted by Crippen LogP contribution is 2.27. The van der Waals surface area contributed by atoms with E-state index >= 15 is 0 Å². The number of halogens is 3. The van der Waals surface area contributed by atoms with E-state index in [0.717, 1.165) is 15.6 Å². The first-order valence-electron chi connectivity index (χ1n) is 5.86. The molecule has 1 nitrogen and oxygen atoms in total. The van der Waals surface area contributed by atoms with Gasteiger partial charge < -0.3 is 5.11 Å². The summed E-state index contributed by atoms with van der Waals surface area (Å²) in [5, 5.41) is 10.3. The molecular formula is C15H13BrClFO. The van der Waals surface area contributed by atoms with Gasteiger partial charge in [0.25, 0.3) is 0 Å². The molecule has 0 radical (unpaired) electrons. The Morgan fingerprint density at radius 1 is 1.32 bits per heavy atom. The highest BCUT2D eigenvalue weighted by molar-refractivity contribution is 9.10. The van der Waals surface area contributed by atoms with Crippen LogP contribution < -0.4 is 0 Å². The van der Waals surface area contributed by atoms with Crippen LogP contribution >= 0.6 is 27.5 Å². The summed E-state index contributed by atoms with van der Waals surface area (Å²) in [5.74, 6) is -0.462. The van der Waals surface area contributed by atoms with Gasteiger partial charge in [0, 0.05) is 10.9 Å². The lowest BCUT2D eigenvalue weighted by Crippen LogP contribution is -2.05. The van der Waals surface area contributed by atoms with Crippen LogP contribution in [0.4, 0.5) is 4.39 Å². The van der Waals surface area contributed by atoms with Gasteiger partial charge in [-0.3, -0.25) is 0 Å². The lowest BCUT2D eigenvalue weighted by molar-refractivity contribution is 0.176. The van der Waals surface area contributed by atoms with Crippen molar-refractivity contribution in [2.24, 2.45) is 0 Å². The van der Waals surface area contributed by atoms with Gasteiger partial charge in [-0.15, -0.1) is 0 Å². The molecule has 0 fully saturated rings. The zero-order valence-electron chi connectivity index (χ0n) is 10.3. The number of hydrogen-bond donors (Lipinski definition) is 1. The Bertz CT molecular complexity index is 601. The predicted octanol–water partition coefficient (Wildman–Crippen LogP) is 4.83. The summed E-state index contributed by atoms with van der Waals surface area (Å²) in [6.45, 7) is 1.92. The van der Waals surface area contributed by atoms with Gasteiger partial charge in [0.05, 0.1) is 11.1 Å². The Kier molecular flexibility index (Phi) is 4.61. The monoisotopic (exact) mass is 342 g/mol. The fraction of sp³-hybridized carbons (Fsp3) is 0.200. The molecule has 1 atom stereocenters. The third-order valence-electron chi connectivity index (χ3n) is 3.05. The molecule has 0 bridgehead atoms. The molecule has 0 amide bonds. The summed E-state index contributed by atoms with van der Waals surface area (Å²) in [5.41, 5.74) is 2.17. The van der Waals surface area contributed by atoms with Gasteiger partial charge in [-0.2, -0.15) is 0 Å². The van der Waals surface area contributed by atoms with E-state index < -0.39 is 11.9 Å². The van der Waals surface area contributed by atoms with Crippen molar-refractivity contribution >= 4 is 27.5 Å². The quantitative estimate of drug-likeness (QED) is 0.846. The second-order valence-electron chi connectivity index (χ2n) is 4.43. The molecular weight excluding hydrogens is 331 g/mol. The molecule has 0 aliphatic heterocycles. The molecule has 0 saturated carbocycles. The average Bonchev–Trinajstić information content (AvgIpc) is 2.38. The van der Waals surface area contributed by atoms with Crippen LogP contribution in [0.15, 0.2) is 40.9 Å². The molecule has 1 unspecified atom stereocenters. The molecule has 0 heterocycles. The summed E-state index contributed by atoms with van der Waals surface area (Å²) < 4.78 is 14.7.